The lowest BCUT2D eigenvalue weighted by atomic mass is 10.2. The standard InChI is InChI=1S/C9H5ClFNO/c10-7-4-6(2-1-3-12)5-8(11)9(7)13/h1-2,4-5,13H/b2-1+. The summed E-state index contributed by atoms with van der Waals surface area (Å²) in [5.74, 6) is -1.37. The van der Waals surface area contributed by atoms with E-state index in [0.717, 1.165) is 6.07 Å². The molecule has 0 aliphatic heterocycles. The van der Waals surface area contributed by atoms with Gasteiger partial charge in [-0.1, -0.05) is 11.6 Å². The molecule has 0 aliphatic rings. The SMILES string of the molecule is N#C/C=C/c1cc(F)c(O)c(Cl)c1. The Morgan fingerprint density at radius 3 is 2.77 bits per heavy atom. The van der Waals surface area contributed by atoms with Gasteiger partial charge >= 0.3 is 0 Å². The third kappa shape index (κ3) is 2.20. The van der Waals surface area contributed by atoms with E-state index in [1.807, 2.05) is 0 Å². The van der Waals surface area contributed by atoms with Crippen LogP contribution in [0.25, 0.3) is 6.08 Å². The molecule has 1 aromatic rings. The van der Waals surface area contributed by atoms with Crippen molar-refractivity contribution in [1.29, 1.82) is 5.26 Å². The average Bonchev–Trinajstić information content (AvgIpc) is 2.10. The second kappa shape index (κ2) is 3.92. The topological polar surface area (TPSA) is 44.0 Å². The number of halogens is 2. The first-order valence-corrected chi connectivity index (χ1v) is 3.77. The van der Waals surface area contributed by atoms with Gasteiger partial charge in [-0.05, 0) is 23.8 Å². The van der Waals surface area contributed by atoms with Gasteiger partial charge < -0.3 is 5.11 Å². The van der Waals surface area contributed by atoms with Crippen molar-refractivity contribution >= 4 is 17.7 Å². The smallest absolute Gasteiger partial charge is 0.170 e. The average molecular weight is 198 g/mol. The maximum absolute atomic E-state index is 12.8. The number of nitrogens with zero attached hydrogens (tertiary/aromatic N) is 1. The predicted octanol–water partition coefficient (Wildman–Crippen LogP) is 2.72. The molecule has 0 heterocycles. The molecule has 4 heteroatoms. The molecule has 0 bridgehead atoms. The van der Waals surface area contributed by atoms with Gasteiger partial charge in [0.25, 0.3) is 0 Å². The number of phenols is 1. The van der Waals surface area contributed by atoms with Crippen molar-refractivity contribution in [1.82, 2.24) is 0 Å². The molecular weight excluding hydrogens is 193 g/mol. The van der Waals surface area contributed by atoms with E-state index in [-0.39, 0.29) is 5.02 Å². The van der Waals surface area contributed by atoms with Crippen LogP contribution in [0.1, 0.15) is 5.56 Å². The van der Waals surface area contributed by atoms with Crippen LogP contribution < -0.4 is 0 Å². The van der Waals surface area contributed by atoms with Gasteiger partial charge in [0, 0.05) is 6.08 Å². The molecule has 0 aromatic heterocycles. The minimum Gasteiger partial charge on any atom is -0.504 e. The molecule has 2 nitrogen and oxygen atoms in total. The summed E-state index contributed by atoms with van der Waals surface area (Å²) in [6, 6.07) is 4.22. The van der Waals surface area contributed by atoms with Crippen LogP contribution in [0, 0.1) is 17.1 Å². The van der Waals surface area contributed by atoms with E-state index in [4.69, 9.17) is 22.0 Å². The summed E-state index contributed by atoms with van der Waals surface area (Å²) in [7, 11) is 0. The van der Waals surface area contributed by atoms with Crippen molar-refractivity contribution in [2.75, 3.05) is 0 Å². The minimum atomic E-state index is -0.801. The molecule has 13 heavy (non-hydrogen) atoms. The van der Waals surface area contributed by atoms with E-state index in [0.29, 0.717) is 5.56 Å². The fourth-order valence-electron chi connectivity index (χ4n) is 0.815. The molecule has 0 atom stereocenters. The highest BCUT2D eigenvalue weighted by Crippen LogP contribution is 2.27. The highest BCUT2D eigenvalue weighted by Gasteiger charge is 2.05. The predicted molar refractivity (Wildman–Crippen MR) is 47.7 cm³/mol. The molecule has 1 N–H and O–H groups in total. The number of nitriles is 1. The summed E-state index contributed by atoms with van der Waals surface area (Å²) in [5.41, 5.74) is 0.432. The first-order valence-electron chi connectivity index (χ1n) is 3.39. The lowest BCUT2D eigenvalue weighted by Crippen LogP contribution is -1.80. The molecule has 1 rings (SSSR count). The largest absolute Gasteiger partial charge is 0.504 e. The number of hydrogen-bond acceptors (Lipinski definition) is 2. The Morgan fingerprint density at radius 1 is 1.54 bits per heavy atom. The van der Waals surface area contributed by atoms with Gasteiger partial charge in [0.2, 0.25) is 0 Å². The molecule has 0 saturated carbocycles. The van der Waals surface area contributed by atoms with Gasteiger partial charge in [0.1, 0.15) is 0 Å². The molecule has 0 fully saturated rings. The maximum Gasteiger partial charge on any atom is 0.170 e. The Morgan fingerprint density at radius 2 is 2.23 bits per heavy atom. The van der Waals surface area contributed by atoms with Gasteiger partial charge in [0.15, 0.2) is 11.6 Å². The molecule has 1 aromatic carbocycles. The Balaban J connectivity index is 3.15. The summed E-state index contributed by atoms with van der Waals surface area (Å²) >= 11 is 5.49. The second-order valence-corrected chi connectivity index (χ2v) is 2.70. The highest BCUT2D eigenvalue weighted by atomic mass is 35.5. The van der Waals surface area contributed by atoms with Crippen LogP contribution in [0.4, 0.5) is 4.39 Å². The van der Waals surface area contributed by atoms with Crippen LogP contribution in [0.3, 0.4) is 0 Å². The van der Waals surface area contributed by atoms with Gasteiger partial charge in [-0.25, -0.2) is 4.39 Å². The third-order valence-corrected chi connectivity index (χ3v) is 1.68. The molecule has 0 amide bonds. The zero-order valence-corrected chi connectivity index (χ0v) is 7.22. The Hall–Kier alpha value is -1.53. The van der Waals surface area contributed by atoms with Crippen LogP contribution in [-0.4, -0.2) is 5.11 Å². The van der Waals surface area contributed by atoms with Crippen molar-refractivity contribution in [2.24, 2.45) is 0 Å². The summed E-state index contributed by atoms with van der Waals surface area (Å²) in [5, 5.41) is 17.1. The van der Waals surface area contributed by atoms with E-state index in [9.17, 15) is 4.39 Å². The van der Waals surface area contributed by atoms with Crippen molar-refractivity contribution in [3.63, 3.8) is 0 Å². The van der Waals surface area contributed by atoms with Crippen molar-refractivity contribution in [3.8, 4) is 11.8 Å². The zero-order chi connectivity index (χ0) is 9.84. The van der Waals surface area contributed by atoms with Crippen LogP contribution in [0.2, 0.25) is 5.02 Å². The van der Waals surface area contributed by atoms with Crippen LogP contribution in [-0.2, 0) is 0 Å². The van der Waals surface area contributed by atoms with Crippen LogP contribution >= 0.6 is 11.6 Å². The molecule has 66 valence electrons. The quantitative estimate of drug-likeness (QED) is 0.704. The Labute approximate surface area is 79.5 Å². The Kier molecular flexibility index (Phi) is 2.88. The molecule has 0 radical (unpaired) electrons. The maximum atomic E-state index is 12.8. The van der Waals surface area contributed by atoms with Gasteiger partial charge in [-0.3, -0.25) is 0 Å². The number of phenolic OH excluding ortho intramolecular Hbond substituents is 1. The molecule has 0 spiro atoms. The van der Waals surface area contributed by atoms with Crippen LogP contribution in [0.5, 0.6) is 5.75 Å². The first-order chi connectivity index (χ1) is 6.15. The van der Waals surface area contributed by atoms with E-state index in [1.165, 1.54) is 18.2 Å². The number of aromatic hydroxyl groups is 1. The molecule has 0 saturated heterocycles. The second-order valence-electron chi connectivity index (χ2n) is 2.30. The molecule has 0 aliphatic carbocycles. The highest BCUT2D eigenvalue weighted by molar-refractivity contribution is 6.32. The monoisotopic (exact) mass is 197 g/mol. The molecular formula is C9H5ClFNO. The van der Waals surface area contributed by atoms with Crippen molar-refractivity contribution in [3.05, 3.63) is 34.6 Å². The normalized spacial score (nSPS) is 10.2. The number of hydrogen-bond donors (Lipinski definition) is 1. The summed E-state index contributed by atoms with van der Waals surface area (Å²) < 4.78 is 12.8. The van der Waals surface area contributed by atoms with E-state index >= 15 is 0 Å². The third-order valence-electron chi connectivity index (χ3n) is 1.39. The van der Waals surface area contributed by atoms with E-state index in [2.05, 4.69) is 0 Å². The summed E-state index contributed by atoms with van der Waals surface area (Å²) in [6.45, 7) is 0. The van der Waals surface area contributed by atoms with Crippen LogP contribution in [0.15, 0.2) is 18.2 Å². The fraction of sp³-hybridized carbons (Fsp3) is 0. The van der Waals surface area contributed by atoms with Gasteiger partial charge in [0.05, 0.1) is 11.1 Å². The summed E-state index contributed by atoms with van der Waals surface area (Å²) in [6.07, 6.45) is 2.59. The first kappa shape index (κ1) is 9.56. The van der Waals surface area contributed by atoms with Crippen molar-refractivity contribution < 1.29 is 9.50 Å². The minimum absolute atomic E-state index is 0.0717. The molecule has 0 unspecified atom stereocenters. The van der Waals surface area contributed by atoms with E-state index in [1.54, 1.807) is 6.07 Å². The number of allylic oxidation sites excluding steroid dienone is 1. The fourth-order valence-corrected chi connectivity index (χ4v) is 1.03. The number of benzene rings is 1. The lowest BCUT2D eigenvalue weighted by Gasteiger charge is -1.99. The zero-order valence-electron chi connectivity index (χ0n) is 6.46. The Bertz CT molecular complexity index is 372. The lowest BCUT2D eigenvalue weighted by molar-refractivity contribution is 0.432. The van der Waals surface area contributed by atoms with Gasteiger partial charge in [-0.2, -0.15) is 5.26 Å². The van der Waals surface area contributed by atoms with Gasteiger partial charge in [-0.15, -0.1) is 0 Å². The van der Waals surface area contributed by atoms with Crippen molar-refractivity contribution in [2.45, 2.75) is 0 Å². The summed E-state index contributed by atoms with van der Waals surface area (Å²) in [4.78, 5) is 0. The van der Waals surface area contributed by atoms with E-state index < -0.39 is 11.6 Å². The number of rotatable bonds is 1.